The maximum Gasteiger partial charge on any atom is 0.325 e. The fourth-order valence-corrected chi connectivity index (χ4v) is 3.35. The van der Waals surface area contributed by atoms with Gasteiger partial charge in [-0.15, -0.1) is 0 Å². The molecule has 0 radical (unpaired) electrons. The summed E-state index contributed by atoms with van der Waals surface area (Å²) in [6.45, 7) is 8.17. The van der Waals surface area contributed by atoms with Crippen molar-refractivity contribution in [1.82, 2.24) is 5.32 Å². The van der Waals surface area contributed by atoms with E-state index in [1.807, 2.05) is 0 Å². The van der Waals surface area contributed by atoms with Crippen molar-refractivity contribution >= 4 is 11.9 Å². The monoisotopic (exact) mass is 325 g/mol. The molecular formula is C18H31NO4. The number of ether oxygens (including phenoxy) is 2. The van der Waals surface area contributed by atoms with E-state index in [0.717, 1.165) is 19.3 Å². The zero-order valence-electron chi connectivity index (χ0n) is 15.3. The topological polar surface area (TPSA) is 64.6 Å². The fourth-order valence-electron chi connectivity index (χ4n) is 3.35. The second-order valence-electron chi connectivity index (χ2n) is 7.11. The molecule has 1 aliphatic heterocycles. The molecular weight excluding hydrogens is 294 g/mol. The zero-order chi connectivity index (χ0) is 17.6. The molecule has 1 aliphatic rings. The highest BCUT2D eigenvalue weighted by atomic mass is 16.5. The Labute approximate surface area is 139 Å². The summed E-state index contributed by atoms with van der Waals surface area (Å²) in [7, 11) is 2.77. The molecule has 1 fully saturated rings. The van der Waals surface area contributed by atoms with E-state index in [2.05, 4.69) is 32.2 Å². The minimum absolute atomic E-state index is 0.0618. The molecule has 23 heavy (non-hydrogen) atoms. The van der Waals surface area contributed by atoms with Crippen LogP contribution in [0.3, 0.4) is 0 Å². The summed E-state index contributed by atoms with van der Waals surface area (Å²) in [6, 6.07) is -0.0618. The summed E-state index contributed by atoms with van der Waals surface area (Å²) < 4.78 is 9.81. The van der Waals surface area contributed by atoms with E-state index >= 15 is 0 Å². The van der Waals surface area contributed by atoms with Gasteiger partial charge in [0.05, 0.1) is 20.1 Å². The second kappa shape index (κ2) is 8.48. The van der Waals surface area contributed by atoms with Crippen molar-refractivity contribution in [2.45, 2.75) is 65.0 Å². The Hall–Kier alpha value is -1.36. The van der Waals surface area contributed by atoms with Gasteiger partial charge in [0.15, 0.2) is 0 Å². The number of esters is 2. The number of carbonyl (C=O) groups is 2. The first-order valence-electron chi connectivity index (χ1n) is 8.30. The standard InChI is InChI=1S/C18H31NO4/c1-12(2)8-7-9-13(3)10-15-14(16(20)22-5)11-18(4,19-15)17(21)23-6/h8,13-15,19H,7,9-11H2,1-6H3/t13-,14+,15+,18-/m1/s1. The fraction of sp³-hybridized carbons (Fsp3) is 0.778. The first kappa shape index (κ1) is 19.7. The smallest absolute Gasteiger partial charge is 0.325 e. The van der Waals surface area contributed by atoms with E-state index in [1.165, 1.54) is 19.8 Å². The Bertz CT molecular complexity index is 456. The van der Waals surface area contributed by atoms with Crippen molar-refractivity contribution < 1.29 is 19.1 Å². The lowest BCUT2D eigenvalue weighted by Crippen LogP contribution is -2.48. The van der Waals surface area contributed by atoms with Crippen LogP contribution in [0.2, 0.25) is 0 Å². The lowest BCUT2D eigenvalue weighted by molar-refractivity contribution is -0.148. The van der Waals surface area contributed by atoms with Crippen molar-refractivity contribution in [3.8, 4) is 0 Å². The molecule has 1 N–H and O–H groups in total. The molecule has 5 heteroatoms. The first-order valence-corrected chi connectivity index (χ1v) is 8.30. The van der Waals surface area contributed by atoms with Gasteiger partial charge in [0.25, 0.3) is 0 Å². The highest BCUT2D eigenvalue weighted by Gasteiger charge is 2.50. The Balaban J connectivity index is 2.74. The van der Waals surface area contributed by atoms with Crippen LogP contribution in [0.15, 0.2) is 11.6 Å². The van der Waals surface area contributed by atoms with Gasteiger partial charge in [-0.3, -0.25) is 14.9 Å². The number of hydrogen-bond donors (Lipinski definition) is 1. The molecule has 0 amide bonds. The summed E-state index contributed by atoms with van der Waals surface area (Å²) in [5.41, 5.74) is 0.500. The van der Waals surface area contributed by atoms with Gasteiger partial charge < -0.3 is 9.47 Å². The van der Waals surface area contributed by atoms with Gasteiger partial charge in [0.1, 0.15) is 5.54 Å². The molecule has 132 valence electrons. The summed E-state index contributed by atoms with van der Waals surface area (Å²) in [6.07, 6.45) is 5.58. The Morgan fingerprint density at radius 3 is 2.48 bits per heavy atom. The lowest BCUT2D eigenvalue weighted by Gasteiger charge is -2.24. The molecule has 1 rings (SSSR count). The van der Waals surface area contributed by atoms with E-state index in [1.54, 1.807) is 6.92 Å². The minimum Gasteiger partial charge on any atom is -0.469 e. The molecule has 0 aromatic carbocycles. The Morgan fingerprint density at radius 1 is 1.30 bits per heavy atom. The molecule has 1 heterocycles. The number of nitrogens with one attached hydrogen (secondary N) is 1. The van der Waals surface area contributed by atoms with Crippen LogP contribution in [0.4, 0.5) is 0 Å². The Morgan fingerprint density at radius 2 is 1.96 bits per heavy atom. The van der Waals surface area contributed by atoms with Crippen molar-refractivity contribution in [3.63, 3.8) is 0 Å². The van der Waals surface area contributed by atoms with E-state index in [4.69, 9.17) is 9.47 Å². The molecule has 0 bridgehead atoms. The van der Waals surface area contributed by atoms with Crippen LogP contribution < -0.4 is 5.32 Å². The molecule has 0 aliphatic carbocycles. The minimum atomic E-state index is -0.822. The molecule has 0 aromatic heterocycles. The quantitative estimate of drug-likeness (QED) is 0.576. The number of rotatable bonds is 7. The molecule has 5 nitrogen and oxygen atoms in total. The van der Waals surface area contributed by atoms with Crippen LogP contribution in [0.5, 0.6) is 0 Å². The number of allylic oxidation sites excluding steroid dienone is 2. The number of hydrogen-bond acceptors (Lipinski definition) is 5. The van der Waals surface area contributed by atoms with E-state index in [9.17, 15) is 9.59 Å². The maximum atomic E-state index is 12.1. The van der Waals surface area contributed by atoms with Gasteiger partial charge in [-0.05, 0) is 52.4 Å². The van der Waals surface area contributed by atoms with Crippen molar-refractivity contribution in [3.05, 3.63) is 11.6 Å². The van der Waals surface area contributed by atoms with Crippen LogP contribution >= 0.6 is 0 Å². The van der Waals surface area contributed by atoms with Crippen LogP contribution in [-0.2, 0) is 19.1 Å². The van der Waals surface area contributed by atoms with Crippen molar-refractivity contribution in [2.24, 2.45) is 11.8 Å². The third kappa shape index (κ3) is 5.34. The van der Waals surface area contributed by atoms with Crippen molar-refractivity contribution in [1.29, 1.82) is 0 Å². The predicted octanol–water partition coefficient (Wildman–Crippen LogP) is 2.84. The van der Waals surface area contributed by atoms with Gasteiger partial charge in [-0.2, -0.15) is 0 Å². The van der Waals surface area contributed by atoms with Gasteiger partial charge >= 0.3 is 11.9 Å². The van der Waals surface area contributed by atoms with Gasteiger partial charge in [-0.1, -0.05) is 18.6 Å². The number of methoxy groups -OCH3 is 2. The molecule has 1 saturated heterocycles. The van der Waals surface area contributed by atoms with E-state index in [0.29, 0.717) is 12.3 Å². The second-order valence-corrected chi connectivity index (χ2v) is 7.11. The van der Waals surface area contributed by atoms with Crippen LogP contribution in [0.1, 0.15) is 53.4 Å². The third-order valence-corrected chi connectivity index (χ3v) is 4.63. The average Bonchev–Trinajstić information content (AvgIpc) is 2.83. The van der Waals surface area contributed by atoms with E-state index in [-0.39, 0.29) is 23.9 Å². The van der Waals surface area contributed by atoms with Gasteiger partial charge in [0.2, 0.25) is 0 Å². The highest BCUT2D eigenvalue weighted by Crippen LogP contribution is 2.34. The molecule has 0 saturated carbocycles. The summed E-state index contributed by atoms with van der Waals surface area (Å²) >= 11 is 0. The third-order valence-electron chi connectivity index (χ3n) is 4.63. The molecule has 4 atom stereocenters. The van der Waals surface area contributed by atoms with Crippen LogP contribution in [0, 0.1) is 11.8 Å². The summed E-state index contributed by atoms with van der Waals surface area (Å²) in [4.78, 5) is 24.1. The zero-order valence-corrected chi connectivity index (χ0v) is 15.3. The summed E-state index contributed by atoms with van der Waals surface area (Å²) in [5.74, 6) is -0.442. The Kier molecular flexibility index (Phi) is 7.26. The van der Waals surface area contributed by atoms with Crippen LogP contribution in [0.25, 0.3) is 0 Å². The van der Waals surface area contributed by atoms with E-state index < -0.39 is 5.54 Å². The molecule has 0 unspecified atom stereocenters. The predicted molar refractivity (Wildman–Crippen MR) is 89.9 cm³/mol. The number of carbonyl (C=O) groups excluding carboxylic acids is 2. The largest absolute Gasteiger partial charge is 0.469 e. The maximum absolute atomic E-state index is 12.1. The van der Waals surface area contributed by atoms with Crippen LogP contribution in [-0.4, -0.2) is 37.7 Å². The van der Waals surface area contributed by atoms with Gasteiger partial charge in [-0.25, -0.2) is 0 Å². The lowest BCUT2D eigenvalue weighted by atomic mass is 9.88. The SMILES string of the molecule is COC(=O)[C@H]1C[C@](C)(C(=O)OC)N[C@H]1C[C@H](C)CCC=C(C)C. The highest BCUT2D eigenvalue weighted by molar-refractivity contribution is 5.83. The van der Waals surface area contributed by atoms with Crippen molar-refractivity contribution in [2.75, 3.05) is 14.2 Å². The summed E-state index contributed by atoms with van der Waals surface area (Å²) in [5, 5.41) is 3.32. The molecule has 0 aromatic rings. The first-order chi connectivity index (χ1) is 10.7. The average molecular weight is 325 g/mol. The van der Waals surface area contributed by atoms with Gasteiger partial charge in [0, 0.05) is 6.04 Å². The normalized spacial score (nSPS) is 28.1. The molecule has 0 spiro atoms.